The number of carbonyl (C=O) groups excluding carboxylic acids is 2. The van der Waals surface area contributed by atoms with Crippen LogP contribution in [-0.4, -0.2) is 11.9 Å². The standard InChI is InChI=1S/C27H12F8O4/c28-18-9-14(1-3-16(18)12-5-20(30)26(34)21(31)6-12)38-24(36)11-25(37)39-15-2-4-17(19(29)10-15)13-7-22(32)27(35)23(33)8-13/h1-10H,11H2. The molecule has 0 aliphatic carbocycles. The van der Waals surface area contributed by atoms with Gasteiger partial charge in [0.25, 0.3) is 0 Å². The zero-order valence-corrected chi connectivity index (χ0v) is 19.1. The highest BCUT2D eigenvalue weighted by Gasteiger charge is 2.19. The van der Waals surface area contributed by atoms with Gasteiger partial charge >= 0.3 is 11.9 Å². The lowest BCUT2D eigenvalue weighted by Crippen LogP contribution is -2.18. The summed E-state index contributed by atoms with van der Waals surface area (Å²) >= 11 is 0. The molecule has 0 aliphatic heterocycles. The molecule has 4 aromatic rings. The van der Waals surface area contributed by atoms with Crippen LogP contribution in [0, 0.1) is 46.5 Å². The van der Waals surface area contributed by atoms with Crippen molar-refractivity contribution in [3.63, 3.8) is 0 Å². The van der Waals surface area contributed by atoms with Gasteiger partial charge in [0.1, 0.15) is 29.6 Å². The second-order valence-corrected chi connectivity index (χ2v) is 7.92. The van der Waals surface area contributed by atoms with Crippen LogP contribution in [-0.2, 0) is 9.59 Å². The Hall–Kier alpha value is -4.74. The zero-order valence-electron chi connectivity index (χ0n) is 19.1. The molecule has 4 aromatic carbocycles. The van der Waals surface area contributed by atoms with Crippen LogP contribution in [0.5, 0.6) is 11.5 Å². The maximum Gasteiger partial charge on any atom is 0.322 e. The number of rotatable bonds is 6. The Morgan fingerprint density at radius 1 is 0.487 bits per heavy atom. The highest BCUT2D eigenvalue weighted by Crippen LogP contribution is 2.30. The first-order chi connectivity index (χ1) is 18.4. The quantitative estimate of drug-likeness (QED) is 0.0848. The number of hydrogen-bond donors (Lipinski definition) is 0. The maximum atomic E-state index is 14.4. The van der Waals surface area contributed by atoms with Gasteiger partial charge in [0, 0.05) is 23.3 Å². The van der Waals surface area contributed by atoms with Crippen molar-refractivity contribution in [1.82, 2.24) is 0 Å². The number of carbonyl (C=O) groups is 2. The van der Waals surface area contributed by atoms with E-state index in [4.69, 9.17) is 9.47 Å². The number of ether oxygens (including phenoxy) is 2. The van der Waals surface area contributed by atoms with Gasteiger partial charge in [-0.15, -0.1) is 0 Å². The molecule has 0 radical (unpaired) electrons. The third-order valence-electron chi connectivity index (χ3n) is 5.22. The van der Waals surface area contributed by atoms with E-state index in [1.807, 2.05) is 0 Å². The lowest BCUT2D eigenvalue weighted by Gasteiger charge is -2.09. The fourth-order valence-electron chi connectivity index (χ4n) is 3.46. The summed E-state index contributed by atoms with van der Waals surface area (Å²) in [5, 5.41) is 0. The summed E-state index contributed by atoms with van der Waals surface area (Å²) in [7, 11) is 0. The fraction of sp³-hybridized carbons (Fsp3) is 0.0370. The van der Waals surface area contributed by atoms with Gasteiger partial charge in [0.05, 0.1) is 0 Å². The Morgan fingerprint density at radius 2 is 0.821 bits per heavy atom. The summed E-state index contributed by atoms with van der Waals surface area (Å²) in [6, 6.07) is 7.78. The second-order valence-electron chi connectivity index (χ2n) is 7.92. The molecule has 0 fully saturated rings. The first kappa shape index (κ1) is 27.3. The van der Waals surface area contributed by atoms with Crippen molar-refractivity contribution in [1.29, 1.82) is 0 Å². The summed E-state index contributed by atoms with van der Waals surface area (Å²) in [4.78, 5) is 24.1. The Kier molecular flexibility index (Phi) is 7.65. The van der Waals surface area contributed by atoms with E-state index < -0.39 is 64.9 Å². The van der Waals surface area contributed by atoms with Gasteiger partial charge in [-0.2, -0.15) is 0 Å². The average Bonchev–Trinajstić information content (AvgIpc) is 2.85. The van der Waals surface area contributed by atoms with Crippen LogP contribution in [0.15, 0.2) is 60.7 Å². The van der Waals surface area contributed by atoms with Crippen LogP contribution < -0.4 is 9.47 Å². The molecule has 0 saturated heterocycles. The summed E-state index contributed by atoms with van der Waals surface area (Å²) in [6.07, 6.45) is -1.00. The monoisotopic (exact) mass is 552 g/mol. The number of halogens is 8. The van der Waals surface area contributed by atoms with Crippen LogP contribution in [0.1, 0.15) is 6.42 Å². The SMILES string of the molecule is O=C(CC(=O)Oc1ccc(-c2cc(F)c(F)c(F)c2)c(F)c1)Oc1ccc(-c2cc(F)c(F)c(F)c2)c(F)c1. The van der Waals surface area contributed by atoms with Gasteiger partial charge < -0.3 is 9.47 Å². The number of esters is 2. The molecule has 0 heterocycles. The van der Waals surface area contributed by atoms with Gasteiger partial charge in [-0.25, -0.2) is 35.1 Å². The smallest absolute Gasteiger partial charge is 0.322 e. The van der Waals surface area contributed by atoms with Crippen molar-refractivity contribution in [2.45, 2.75) is 6.42 Å². The van der Waals surface area contributed by atoms with Crippen molar-refractivity contribution in [3.05, 3.63) is 107 Å². The van der Waals surface area contributed by atoms with Crippen LogP contribution in [0.25, 0.3) is 22.3 Å². The normalized spacial score (nSPS) is 10.9. The van der Waals surface area contributed by atoms with Crippen LogP contribution in [0.2, 0.25) is 0 Å². The molecule has 0 atom stereocenters. The largest absolute Gasteiger partial charge is 0.426 e. The van der Waals surface area contributed by atoms with E-state index in [0.29, 0.717) is 36.4 Å². The molecule has 0 N–H and O–H groups in total. The van der Waals surface area contributed by atoms with E-state index in [9.17, 15) is 44.7 Å². The Balaban J connectivity index is 1.39. The molecular weight excluding hydrogens is 540 g/mol. The minimum absolute atomic E-state index is 0.321. The first-order valence-corrected chi connectivity index (χ1v) is 10.7. The molecule has 0 aliphatic rings. The van der Waals surface area contributed by atoms with Gasteiger partial charge in [-0.3, -0.25) is 9.59 Å². The van der Waals surface area contributed by atoms with Gasteiger partial charge in [0.15, 0.2) is 34.9 Å². The summed E-state index contributed by atoms with van der Waals surface area (Å²) in [6.45, 7) is 0. The molecule has 4 nitrogen and oxygen atoms in total. The third-order valence-corrected chi connectivity index (χ3v) is 5.22. The Morgan fingerprint density at radius 3 is 1.13 bits per heavy atom. The molecule has 0 aromatic heterocycles. The zero-order chi connectivity index (χ0) is 28.4. The van der Waals surface area contributed by atoms with Crippen molar-refractivity contribution < 1.29 is 54.2 Å². The lowest BCUT2D eigenvalue weighted by molar-refractivity contribution is -0.144. The minimum Gasteiger partial charge on any atom is -0.426 e. The molecule has 200 valence electrons. The van der Waals surface area contributed by atoms with Crippen LogP contribution >= 0.6 is 0 Å². The highest BCUT2D eigenvalue weighted by atomic mass is 19.2. The fourth-order valence-corrected chi connectivity index (χ4v) is 3.46. The molecule has 0 spiro atoms. The summed E-state index contributed by atoms with van der Waals surface area (Å²) < 4.78 is 119. The number of hydrogen-bond acceptors (Lipinski definition) is 4. The van der Waals surface area contributed by atoms with Crippen molar-refractivity contribution in [2.75, 3.05) is 0 Å². The maximum absolute atomic E-state index is 14.4. The van der Waals surface area contributed by atoms with E-state index in [1.165, 1.54) is 0 Å². The topological polar surface area (TPSA) is 52.6 Å². The van der Waals surface area contributed by atoms with Crippen molar-refractivity contribution >= 4 is 11.9 Å². The van der Waals surface area contributed by atoms with Gasteiger partial charge in [0.2, 0.25) is 0 Å². The van der Waals surface area contributed by atoms with Gasteiger partial charge in [-0.05, 0) is 59.7 Å². The second kappa shape index (κ2) is 10.9. The average molecular weight is 552 g/mol. The summed E-state index contributed by atoms with van der Waals surface area (Å²) in [5.41, 5.74) is -1.30. The molecule has 0 saturated carbocycles. The van der Waals surface area contributed by atoms with Gasteiger partial charge in [-0.1, -0.05) is 0 Å². The molecule has 0 unspecified atom stereocenters. The Bertz CT molecular complexity index is 1450. The van der Waals surface area contributed by atoms with E-state index in [1.54, 1.807) is 0 Å². The third kappa shape index (κ3) is 6.06. The molecule has 12 heteroatoms. The predicted molar refractivity (Wildman–Crippen MR) is 119 cm³/mol. The van der Waals surface area contributed by atoms with Crippen LogP contribution in [0.4, 0.5) is 35.1 Å². The lowest BCUT2D eigenvalue weighted by atomic mass is 10.0. The molecule has 0 amide bonds. The molecule has 39 heavy (non-hydrogen) atoms. The van der Waals surface area contributed by atoms with Crippen molar-refractivity contribution in [3.8, 4) is 33.8 Å². The minimum atomic E-state index is -1.73. The van der Waals surface area contributed by atoms with E-state index >= 15 is 0 Å². The van der Waals surface area contributed by atoms with E-state index in [2.05, 4.69) is 0 Å². The highest BCUT2D eigenvalue weighted by molar-refractivity contribution is 5.93. The Labute approximate surface area is 214 Å². The van der Waals surface area contributed by atoms with E-state index in [0.717, 1.165) is 24.3 Å². The van der Waals surface area contributed by atoms with Crippen molar-refractivity contribution in [2.24, 2.45) is 0 Å². The summed E-state index contributed by atoms with van der Waals surface area (Å²) in [5.74, 6) is -14.9. The molecule has 0 bridgehead atoms. The predicted octanol–water partition coefficient (Wildman–Crippen LogP) is 7.03. The molecule has 4 rings (SSSR count). The molecular formula is C27H12F8O4. The van der Waals surface area contributed by atoms with Crippen LogP contribution in [0.3, 0.4) is 0 Å². The number of benzene rings is 4. The van der Waals surface area contributed by atoms with E-state index in [-0.39, 0.29) is 33.8 Å². The first-order valence-electron chi connectivity index (χ1n) is 10.7.